The molecule has 0 aliphatic carbocycles. The molecule has 86 valence electrons. The summed E-state index contributed by atoms with van der Waals surface area (Å²) >= 11 is 1.51. The second-order valence-corrected chi connectivity index (χ2v) is 4.64. The minimum Gasteiger partial charge on any atom is -0.479 e. The molecule has 8 heteroatoms. The fourth-order valence-corrected chi connectivity index (χ4v) is 3.01. The number of hydrogen-bond acceptors (Lipinski definition) is 5. The molecule has 1 saturated heterocycles. The number of carbonyl (C=O) groups is 1. The summed E-state index contributed by atoms with van der Waals surface area (Å²) < 4.78 is 1.20. The van der Waals surface area contributed by atoms with Crippen molar-refractivity contribution in [3.8, 4) is 0 Å². The Kier molecular flexibility index (Phi) is 2.58. The number of rotatable bonds is 3. The van der Waals surface area contributed by atoms with Gasteiger partial charge in [-0.3, -0.25) is 10.1 Å². The van der Waals surface area contributed by atoms with Crippen LogP contribution in [0.2, 0.25) is 0 Å². The highest BCUT2D eigenvalue weighted by molar-refractivity contribution is 7.99. The molecule has 1 aromatic heterocycles. The third-order valence-electron chi connectivity index (χ3n) is 2.62. The minimum atomic E-state index is -1.13. The lowest BCUT2D eigenvalue weighted by Gasteiger charge is -2.22. The Morgan fingerprint density at radius 1 is 1.75 bits per heavy atom. The lowest BCUT2D eigenvalue weighted by molar-refractivity contribution is -0.385. The van der Waals surface area contributed by atoms with E-state index >= 15 is 0 Å². The van der Waals surface area contributed by atoms with Gasteiger partial charge in [-0.15, -0.1) is 0 Å². The molecule has 1 atom stereocenters. The van der Waals surface area contributed by atoms with Crippen LogP contribution < -0.4 is 0 Å². The van der Waals surface area contributed by atoms with Gasteiger partial charge in [0, 0.05) is 5.75 Å². The zero-order valence-corrected chi connectivity index (χ0v) is 9.01. The standard InChI is InChI=1S/C8H9N3O4S/c12-7(13)8(1-2-16-5-8)10-4-6(3-9-10)11(14)15/h3-4H,1-2,5H2,(H,12,13). The maximum absolute atomic E-state index is 11.3. The van der Waals surface area contributed by atoms with Gasteiger partial charge >= 0.3 is 11.7 Å². The first-order chi connectivity index (χ1) is 7.56. The summed E-state index contributed by atoms with van der Waals surface area (Å²) in [4.78, 5) is 21.2. The molecule has 2 heterocycles. The van der Waals surface area contributed by atoms with E-state index in [0.29, 0.717) is 12.2 Å². The highest BCUT2D eigenvalue weighted by atomic mass is 32.2. The summed E-state index contributed by atoms with van der Waals surface area (Å²) in [6, 6.07) is 0. The van der Waals surface area contributed by atoms with E-state index in [2.05, 4.69) is 5.10 Å². The normalized spacial score (nSPS) is 24.5. The average Bonchev–Trinajstić information content (AvgIpc) is 2.87. The molecular weight excluding hydrogens is 234 g/mol. The summed E-state index contributed by atoms with van der Waals surface area (Å²) in [6.07, 6.45) is 2.69. The Bertz CT molecular complexity index is 438. The van der Waals surface area contributed by atoms with E-state index in [9.17, 15) is 20.0 Å². The monoisotopic (exact) mass is 243 g/mol. The molecule has 0 bridgehead atoms. The molecule has 1 fully saturated rings. The summed E-state index contributed by atoms with van der Waals surface area (Å²) in [5.41, 5.74) is -1.31. The number of nitro groups is 1. The number of hydrogen-bond donors (Lipinski definition) is 1. The maximum atomic E-state index is 11.3. The Labute approximate surface area is 94.6 Å². The topological polar surface area (TPSA) is 98.3 Å². The van der Waals surface area contributed by atoms with E-state index in [4.69, 9.17) is 0 Å². The van der Waals surface area contributed by atoms with Crippen LogP contribution in [0, 0.1) is 10.1 Å². The third kappa shape index (κ3) is 1.54. The Morgan fingerprint density at radius 3 is 2.94 bits per heavy atom. The van der Waals surface area contributed by atoms with E-state index in [0.717, 1.165) is 11.9 Å². The van der Waals surface area contributed by atoms with Crippen molar-refractivity contribution >= 4 is 23.4 Å². The molecule has 16 heavy (non-hydrogen) atoms. The van der Waals surface area contributed by atoms with Crippen LogP contribution in [0.5, 0.6) is 0 Å². The van der Waals surface area contributed by atoms with Crippen LogP contribution in [0.25, 0.3) is 0 Å². The van der Waals surface area contributed by atoms with E-state index in [1.54, 1.807) is 0 Å². The molecular formula is C8H9N3O4S. The van der Waals surface area contributed by atoms with E-state index in [1.807, 2.05) is 0 Å². The van der Waals surface area contributed by atoms with Crippen molar-refractivity contribution in [2.45, 2.75) is 12.0 Å². The fourth-order valence-electron chi connectivity index (χ4n) is 1.64. The van der Waals surface area contributed by atoms with Crippen molar-refractivity contribution in [3.63, 3.8) is 0 Å². The molecule has 0 saturated carbocycles. The Morgan fingerprint density at radius 2 is 2.50 bits per heavy atom. The van der Waals surface area contributed by atoms with Crippen molar-refractivity contribution in [1.82, 2.24) is 9.78 Å². The van der Waals surface area contributed by atoms with Crippen LogP contribution in [-0.2, 0) is 10.3 Å². The Balaban J connectivity index is 2.40. The highest BCUT2D eigenvalue weighted by Gasteiger charge is 2.45. The first-order valence-corrected chi connectivity index (χ1v) is 5.72. The van der Waals surface area contributed by atoms with Gasteiger partial charge in [0.05, 0.1) is 4.92 Å². The van der Waals surface area contributed by atoms with Crippen LogP contribution >= 0.6 is 11.8 Å². The lowest BCUT2D eigenvalue weighted by atomic mass is 10.00. The number of nitrogens with zero attached hydrogens (tertiary/aromatic N) is 3. The number of thioether (sulfide) groups is 1. The predicted octanol–water partition coefficient (Wildman–Crippen LogP) is 0.708. The molecule has 1 aliphatic rings. The molecule has 0 spiro atoms. The number of carboxylic acid groups (broad SMARTS) is 1. The van der Waals surface area contributed by atoms with Crippen molar-refractivity contribution in [1.29, 1.82) is 0 Å². The van der Waals surface area contributed by atoms with Crippen molar-refractivity contribution in [2.24, 2.45) is 0 Å². The fraction of sp³-hybridized carbons (Fsp3) is 0.500. The number of aliphatic carboxylic acids is 1. The van der Waals surface area contributed by atoms with Crippen LogP contribution in [-0.4, -0.2) is 37.3 Å². The molecule has 0 radical (unpaired) electrons. The molecule has 0 aromatic carbocycles. The van der Waals surface area contributed by atoms with Gasteiger partial charge in [0.15, 0.2) is 5.54 Å². The summed E-state index contributed by atoms with van der Waals surface area (Å²) in [6.45, 7) is 0. The molecule has 1 aromatic rings. The summed E-state index contributed by atoms with van der Waals surface area (Å²) in [5, 5.41) is 23.5. The minimum absolute atomic E-state index is 0.183. The summed E-state index contributed by atoms with van der Waals surface area (Å²) in [5.74, 6) is 0.122. The van der Waals surface area contributed by atoms with E-state index < -0.39 is 16.4 Å². The zero-order chi connectivity index (χ0) is 11.8. The smallest absolute Gasteiger partial charge is 0.332 e. The second-order valence-electron chi connectivity index (χ2n) is 3.54. The van der Waals surface area contributed by atoms with E-state index in [1.165, 1.54) is 22.6 Å². The van der Waals surface area contributed by atoms with Gasteiger partial charge < -0.3 is 5.11 Å². The molecule has 1 aliphatic heterocycles. The first kappa shape index (κ1) is 10.9. The van der Waals surface area contributed by atoms with Gasteiger partial charge in [0.25, 0.3) is 0 Å². The molecule has 0 amide bonds. The highest BCUT2D eigenvalue weighted by Crippen LogP contribution is 2.35. The largest absolute Gasteiger partial charge is 0.479 e. The van der Waals surface area contributed by atoms with Gasteiger partial charge in [0.2, 0.25) is 0 Å². The van der Waals surface area contributed by atoms with Crippen LogP contribution in [0.15, 0.2) is 12.4 Å². The maximum Gasteiger partial charge on any atom is 0.332 e. The van der Waals surface area contributed by atoms with Gasteiger partial charge in [-0.25, -0.2) is 9.48 Å². The molecule has 2 rings (SSSR count). The van der Waals surface area contributed by atoms with Crippen LogP contribution in [0.3, 0.4) is 0 Å². The Hall–Kier alpha value is -1.57. The molecule has 1 N–H and O–H groups in total. The SMILES string of the molecule is O=C(O)C1(n2cc([N+](=O)[O-])cn2)CCSC1. The van der Waals surface area contributed by atoms with Gasteiger partial charge in [-0.05, 0) is 12.2 Å². The number of carboxylic acids is 1. The average molecular weight is 243 g/mol. The van der Waals surface area contributed by atoms with Crippen molar-refractivity contribution in [2.75, 3.05) is 11.5 Å². The quantitative estimate of drug-likeness (QED) is 0.620. The van der Waals surface area contributed by atoms with Gasteiger partial charge in [0.1, 0.15) is 12.4 Å². The predicted molar refractivity (Wildman–Crippen MR) is 56.4 cm³/mol. The van der Waals surface area contributed by atoms with Gasteiger partial charge in [-0.1, -0.05) is 0 Å². The van der Waals surface area contributed by atoms with Crippen LogP contribution in [0.1, 0.15) is 6.42 Å². The van der Waals surface area contributed by atoms with Crippen LogP contribution in [0.4, 0.5) is 5.69 Å². The second kappa shape index (κ2) is 3.78. The first-order valence-electron chi connectivity index (χ1n) is 4.57. The van der Waals surface area contributed by atoms with Crippen molar-refractivity contribution in [3.05, 3.63) is 22.5 Å². The lowest BCUT2D eigenvalue weighted by Crippen LogP contribution is -2.42. The van der Waals surface area contributed by atoms with Crippen molar-refractivity contribution < 1.29 is 14.8 Å². The van der Waals surface area contributed by atoms with Gasteiger partial charge in [-0.2, -0.15) is 16.9 Å². The summed E-state index contributed by atoms with van der Waals surface area (Å²) in [7, 11) is 0. The number of aromatic nitrogens is 2. The molecule has 7 nitrogen and oxygen atoms in total. The van der Waals surface area contributed by atoms with E-state index in [-0.39, 0.29) is 5.69 Å². The third-order valence-corrected chi connectivity index (χ3v) is 3.79. The zero-order valence-electron chi connectivity index (χ0n) is 8.20. The molecule has 1 unspecified atom stereocenters.